The van der Waals surface area contributed by atoms with Crippen molar-refractivity contribution in [1.29, 1.82) is 0 Å². The van der Waals surface area contributed by atoms with Gasteiger partial charge in [0.25, 0.3) is 0 Å². The van der Waals surface area contributed by atoms with E-state index >= 15 is 0 Å². The molecule has 1 saturated heterocycles. The first kappa shape index (κ1) is 10.7. The molecule has 1 aliphatic rings. The fourth-order valence-electron chi connectivity index (χ4n) is 1.84. The second-order valence-corrected chi connectivity index (χ2v) is 4.26. The quantitative estimate of drug-likeness (QED) is 0.813. The lowest BCUT2D eigenvalue weighted by molar-refractivity contribution is 0.479. The Morgan fingerprint density at radius 2 is 2.00 bits per heavy atom. The Morgan fingerprint density at radius 3 is 2.67 bits per heavy atom. The van der Waals surface area contributed by atoms with Crippen molar-refractivity contribution in [2.75, 3.05) is 18.4 Å². The first-order valence-electron chi connectivity index (χ1n) is 5.17. The zero-order valence-corrected chi connectivity index (χ0v) is 9.15. The molecule has 15 heavy (non-hydrogen) atoms. The van der Waals surface area contributed by atoms with Crippen molar-refractivity contribution in [1.82, 2.24) is 5.32 Å². The highest BCUT2D eigenvalue weighted by Gasteiger charge is 2.12. The van der Waals surface area contributed by atoms with Crippen molar-refractivity contribution in [2.24, 2.45) is 0 Å². The number of benzene rings is 1. The number of rotatable bonds is 2. The third-order valence-electron chi connectivity index (χ3n) is 2.57. The topological polar surface area (TPSA) is 24.1 Å². The van der Waals surface area contributed by atoms with Gasteiger partial charge in [-0.2, -0.15) is 0 Å². The van der Waals surface area contributed by atoms with Crippen LogP contribution in [0.2, 0.25) is 5.02 Å². The summed E-state index contributed by atoms with van der Waals surface area (Å²) in [6, 6.07) is 4.97. The standard InChI is InChI=1S/C11H14ClFN2/c12-8-5-9(13)7-11(6-8)15-10-1-3-14-4-2-10/h5-7,10,14-15H,1-4H2. The second kappa shape index (κ2) is 4.81. The Hall–Kier alpha value is -0.800. The van der Waals surface area contributed by atoms with Crippen LogP contribution < -0.4 is 10.6 Å². The van der Waals surface area contributed by atoms with Crippen molar-refractivity contribution in [2.45, 2.75) is 18.9 Å². The fraction of sp³-hybridized carbons (Fsp3) is 0.455. The summed E-state index contributed by atoms with van der Waals surface area (Å²) in [4.78, 5) is 0. The molecular formula is C11H14ClFN2. The first-order chi connectivity index (χ1) is 7.24. The normalized spacial score (nSPS) is 17.7. The van der Waals surface area contributed by atoms with Crippen molar-refractivity contribution >= 4 is 17.3 Å². The number of nitrogens with one attached hydrogen (secondary N) is 2. The van der Waals surface area contributed by atoms with Crippen LogP contribution in [0.25, 0.3) is 0 Å². The molecule has 0 bridgehead atoms. The van der Waals surface area contributed by atoms with E-state index in [2.05, 4.69) is 10.6 Å². The minimum atomic E-state index is -0.293. The molecule has 1 heterocycles. The molecule has 0 amide bonds. The number of hydrogen-bond donors (Lipinski definition) is 2. The maximum atomic E-state index is 13.0. The highest BCUT2D eigenvalue weighted by atomic mass is 35.5. The minimum absolute atomic E-state index is 0.293. The van der Waals surface area contributed by atoms with E-state index in [-0.39, 0.29) is 5.82 Å². The minimum Gasteiger partial charge on any atom is -0.382 e. The van der Waals surface area contributed by atoms with Crippen LogP contribution in [0.1, 0.15) is 12.8 Å². The van der Waals surface area contributed by atoms with Crippen LogP contribution in [0, 0.1) is 5.82 Å². The van der Waals surface area contributed by atoms with Gasteiger partial charge in [-0.15, -0.1) is 0 Å². The van der Waals surface area contributed by atoms with Crippen LogP contribution in [0.3, 0.4) is 0 Å². The van der Waals surface area contributed by atoms with Crippen LogP contribution in [0.15, 0.2) is 18.2 Å². The molecule has 0 aliphatic carbocycles. The molecule has 0 aromatic heterocycles. The van der Waals surface area contributed by atoms with Gasteiger partial charge in [-0.3, -0.25) is 0 Å². The Bertz CT molecular complexity index is 317. The van der Waals surface area contributed by atoms with Gasteiger partial charge in [-0.25, -0.2) is 4.39 Å². The Labute approximate surface area is 93.8 Å². The molecule has 1 fully saturated rings. The highest BCUT2D eigenvalue weighted by molar-refractivity contribution is 6.30. The molecule has 4 heteroatoms. The number of anilines is 1. The lowest BCUT2D eigenvalue weighted by atomic mass is 10.1. The van der Waals surface area contributed by atoms with E-state index < -0.39 is 0 Å². The van der Waals surface area contributed by atoms with E-state index in [9.17, 15) is 4.39 Å². The number of piperidine rings is 1. The van der Waals surface area contributed by atoms with Gasteiger partial charge in [0.15, 0.2) is 0 Å². The van der Waals surface area contributed by atoms with Crippen LogP contribution >= 0.6 is 11.6 Å². The lowest BCUT2D eigenvalue weighted by Gasteiger charge is -2.24. The molecule has 1 aromatic carbocycles. The SMILES string of the molecule is Fc1cc(Cl)cc(NC2CCNCC2)c1. The molecular weight excluding hydrogens is 215 g/mol. The monoisotopic (exact) mass is 228 g/mol. The second-order valence-electron chi connectivity index (χ2n) is 3.83. The maximum absolute atomic E-state index is 13.0. The zero-order valence-electron chi connectivity index (χ0n) is 8.39. The molecule has 2 N–H and O–H groups in total. The Morgan fingerprint density at radius 1 is 1.27 bits per heavy atom. The average molecular weight is 229 g/mol. The summed E-state index contributed by atoms with van der Waals surface area (Å²) >= 11 is 5.78. The van der Waals surface area contributed by atoms with Crippen LogP contribution in [-0.2, 0) is 0 Å². The van der Waals surface area contributed by atoms with Gasteiger partial charge in [0.2, 0.25) is 0 Å². The van der Waals surface area contributed by atoms with E-state index in [0.717, 1.165) is 31.6 Å². The van der Waals surface area contributed by atoms with Gasteiger partial charge in [-0.1, -0.05) is 11.6 Å². The summed E-state index contributed by atoms with van der Waals surface area (Å²) in [7, 11) is 0. The molecule has 0 spiro atoms. The van der Waals surface area contributed by atoms with Crippen LogP contribution in [0.4, 0.5) is 10.1 Å². The van der Waals surface area contributed by atoms with Gasteiger partial charge >= 0.3 is 0 Å². The summed E-state index contributed by atoms with van der Waals surface area (Å²) in [5, 5.41) is 7.02. The van der Waals surface area contributed by atoms with Crippen molar-refractivity contribution in [3.8, 4) is 0 Å². The van der Waals surface area contributed by atoms with E-state index in [0.29, 0.717) is 11.1 Å². The largest absolute Gasteiger partial charge is 0.382 e. The molecule has 0 saturated carbocycles. The molecule has 0 atom stereocenters. The van der Waals surface area contributed by atoms with Crippen molar-refractivity contribution in [3.63, 3.8) is 0 Å². The Kier molecular flexibility index (Phi) is 3.44. The lowest BCUT2D eigenvalue weighted by Crippen LogP contribution is -2.35. The van der Waals surface area contributed by atoms with Crippen molar-refractivity contribution in [3.05, 3.63) is 29.0 Å². The van der Waals surface area contributed by atoms with Gasteiger partial charge in [0.1, 0.15) is 5.82 Å². The maximum Gasteiger partial charge on any atom is 0.126 e. The number of halogens is 2. The fourth-order valence-corrected chi connectivity index (χ4v) is 2.06. The molecule has 2 nitrogen and oxygen atoms in total. The summed E-state index contributed by atoms with van der Waals surface area (Å²) < 4.78 is 13.0. The van der Waals surface area contributed by atoms with E-state index in [1.54, 1.807) is 6.07 Å². The molecule has 1 aliphatic heterocycles. The van der Waals surface area contributed by atoms with Gasteiger partial charge in [0, 0.05) is 16.8 Å². The summed E-state index contributed by atoms with van der Waals surface area (Å²) in [6.07, 6.45) is 2.13. The zero-order chi connectivity index (χ0) is 10.7. The third-order valence-corrected chi connectivity index (χ3v) is 2.79. The van der Waals surface area contributed by atoms with Gasteiger partial charge in [0.05, 0.1) is 0 Å². The molecule has 1 aromatic rings. The first-order valence-corrected chi connectivity index (χ1v) is 5.55. The van der Waals surface area contributed by atoms with Gasteiger partial charge < -0.3 is 10.6 Å². The third kappa shape index (κ3) is 3.08. The van der Waals surface area contributed by atoms with Crippen LogP contribution in [-0.4, -0.2) is 19.1 Å². The van der Waals surface area contributed by atoms with Crippen molar-refractivity contribution < 1.29 is 4.39 Å². The number of hydrogen-bond acceptors (Lipinski definition) is 2. The summed E-state index contributed by atoms with van der Waals surface area (Å²) in [5.74, 6) is -0.293. The summed E-state index contributed by atoms with van der Waals surface area (Å²) in [5.41, 5.74) is 0.770. The van der Waals surface area contributed by atoms with Gasteiger partial charge in [-0.05, 0) is 44.1 Å². The van der Waals surface area contributed by atoms with E-state index in [4.69, 9.17) is 11.6 Å². The molecule has 0 radical (unpaired) electrons. The molecule has 0 unspecified atom stereocenters. The van der Waals surface area contributed by atoms with E-state index in [1.807, 2.05) is 0 Å². The summed E-state index contributed by atoms with van der Waals surface area (Å²) in [6.45, 7) is 2.03. The molecule has 82 valence electrons. The highest BCUT2D eigenvalue weighted by Crippen LogP contribution is 2.20. The molecule has 2 rings (SSSR count). The smallest absolute Gasteiger partial charge is 0.126 e. The Balaban J connectivity index is 2.02. The predicted octanol–water partition coefficient (Wildman–Crippen LogP) is 2.64. The van der Waals surface area contributed by atoms with Crippen LogP contribution in [0.5, 0.6) is 0 Å². The van der Waals surface area contributed by atoms with E-state index in [1.165, 1.54) is 12.1 Å². The average Bonchev–Trinajstić information content (AvgIpc) is 2.17. The predicted molar refractivity (Wildman–Crippen MR) is 60.9 cm³/mol.